The highest BCUT2D eigenvalue weighted by Gasteiger charge is 2.13. The van der Waals surface area contributed by atoms with E-state index in [1.54, 1.807) is 24.3 Å². The Morgan fingerprint density at radius 2 is 1.64 bits per heavy atom. The molecule has 0 aliphatic rings. The maximum atomic E-state index is 12.5. The van der Waals surface area contributed by atoms with Crippen molar-refractivity contribution >= 4 is 23.2 Å². The van der Waals surface area contributed by atoms with Gasteiger partial charge in [-0.15, -0.1) is 0 Å². The molecular weight excluding hydrogens is 340 g/mol. The highest BCUT2D eigenvalue weighted by atomic mass is 35.5. The van der Waals surface area contributed by atoms with Crippen molar-refractivity contribution in [3.8, 4) is 17.2 Å². The molecule has 1 heterocycles. The van der Waals surface area contributed by atoms with Gasteiger partial charge in [0.15, 0.2) is 0 Å². The number of hydrogen-bond acceptors (Lipinski definition) is 3. The third-order valence-electron chi connectivity index (χ3n) is 3.75. The van der Waals surface area contributed by atoms with Crippen LogP contribution in [0.15, 0.2) is 60.9 Å². The third kappa shape index (κ3) is 3.61. The van der Waals surface area contributed by atoms with Crippen LogP contribution in [-0.4, -0.2) is 24.7 Å². The lowest BCUT2D eigenvalue weighted by Gasteiger charge is -2.13. The molecule has 2 aromatic carbocycles. The summed E-state index contributed by atoms with van der Waals surface area (Å²) < 4.78 is 12.4. The lowest BCUT2D eigenvalue weighted by atomic mass is 10.2. The van der Waals surface area contributed by atoms with Crippen molar-refractivity contribution in [2.45, 2.75) is 0 Å². The van der Waals surface area contributed by atoms with E-state index in [4.69, 9.17) is 21.1 Å². The topological polar surface area (TPSA) is 52.5 Å². The van der Waals surface area contributed by atoms with Crippen LogP contribution in [0.5, 0.6) is 11.5 Å². The zero-order chi connectivity index (χ0) is 17.8. The van der Waals surface area contributed by atoms with Gasteiger partial charge in [0, 0.05) is 29.7 Å². The number of benzene rings is 2. The molecule has 128 valence electrons. The zero-order valence-electron chi connectivity index (χ0n) is 13.8. The fourth-order valence-corrected chi connectivity index (χ4v) is 2.68. The smallest absolute Gasteiger partial charge is 0.255 e. The lowest BCUT2D eigenvalue weighted by Crippen LogP contribution is -2.13. The van der Waals surface area contributed by atoms with Crippen molar-refractivity contribution in [1.82, 2.24) is 4.57 Å². The van der Waals surface area contributed by atoms with Gasteiger partial charge in [0.05, 0.1) is 24.9 Å². The first-order chi connectivity index (χ1) is 12.1. The molecule has 3 aromatic rings. The first-order valence-corrected chi connectivity index (χ1v) is 7.96. The monoisotopic (exact) mass is 356 g/mol. The van der Waals surface area contributed by atoms with Crippen molar-refractivity contribution in [3.63, 3.8) is 0 Å². The fraction of sp³-hybridized carbons (Fsp3) is 0.105. The van der Waals surface area contributed by atoms with Crippen LogP contribution in [0, 0.1) is 0 Å². The van der Waals surface area contributed by atoms with Crippen LogP contribution in [-0.2, 0) is 0 Å². The molecule has 0 fully saturated rings. The van der Waals surface area contributed by atoms with Gasteiger partial charge in [0.2, 0.25) is 0 Å². The van der Waals surface area contributed by atoms with Crippen LogP contribution in [0.1, 0.15) is 10.4 Å². The van der Waals surface area contributed by atoms with Crippen molar-refractivity contribution in [2.24, 2.45) is 0 Å². The molecule has 0 bridgehead atoms. The summed E-state index contributed by atoms with van der Waals surface area (Å²) in [5.74, 6) is 0.699. The largest absolute Gasteiger partial charge is 0.495 e. The number of halogens is 1. The summed E-state index contributed by atoms with van der Waals surface area (Å²) in [6.45, 7) is 0. The van der Waals surface area contributed by atoms with E-state index in [-0.39, 0.29) is 5.91 Å². The molecule has 0 atom stereocenters. The average molecular weight is 357 g/mol. The first kappa shape index (κ1) is 16.9. The van der Waals surface area contributed by atoms with Gasteiger partial charge in [-0.25, -0.2) is 0 Å². The molecule has 0 radical (unpaired) electrons. The van der Waals surface area contributed by atoms with E-state index in [9.17, 15) is 4.79 Å². The number of nitrogens with zero attached hydrogens (tertiary/aromatic N) is 1. The number of amides is 1. The van der Waals surface area contributed by atoms with E-state index in [2.05, 4.69) is 5.32 Å². The standard InChI is InChI=1S/C19H17ClN2O3/c1-24-17-12-18(25-2)16(11-15(17)20)21-19(23)13-5-7-14(8-6-13)22-9-3-4-10-22/h3-12H,1-2H3,(H,21,23). The van der Waals surface area contributed by atoms with Crippen molar-refractivity contribution in [1.29, 1.82) is 0 Å². The normalized spacial score (nSPS) is 10.4. The summed E-state index contributed by atoms with van der Waals surface area (Å²) in [6, 6.07) is 14.4. The maximum Gasteiger partial charge on any atom is 0.255 e. The van der Waals surface area contributed by atoms with Gasteiger partial charge in [-0.05, 0) is 42.5 Å². The van der Waals surface area contributed by atoms with Gasteiger partial charge < -0.3 is 19.4 Å². The van der Waals surface area contributed by atoms with Crippen LogP contribution in [0.2, 0.25) is 5.02 Å². The molecule has 1 N–H and O–H groups in total. The van der Waals surface area contributed by atoms with Crippen LogP contribution >= 0.6 is 11.6 Å². The van der Waals surface area contributed by atoms with Crippen molar-refractivity contribution in [2.75, 3.05) is 19.5 Å². The molecule has 0 spiro atoms. The molecule has 1 amide bonds. The van der Waals surface area contributed by atoms with Crippen LogP contribution in [0.3, 0.4) is 0 Å². The third-order valence-corrected chi connectivity index (χ3v) is 4.05. The Hall–Kier alpha value is -2.92. The number of nitrogens with one attached hydrogen (secondary N) is 1. The second-order valence-corrected chi connectivity index (χ2v) is 5.69. The van der Waals surface area contributed by atoms with Crippen LogP contribution in [0.25, 0.3) is 5.69 Å². The second-order valence-electron chi connectivity index (χ2n) is 5.28. The van der Waals surface area contributed by atoms with E-state index in [1.807, 2.05) is 41.2 Å². The van der Waals surface area contributed by atoms with Gasteiger partial charge in [-0.3, -0.25) is 4.79 Å². The molecule has 5 nitrogen and oxygen atoms in total. The van der Waals surface area contributed by atoms with Crippen LogP contribution in [0.4, 0.5) is 5.69 Å². The summed E-state index contributed by atoms with van der Waals surface area (Å²) in [6.07, 6.45) is 3.89. The predicted molar refractivity (Wildman–Crippen MR) is 98.3 cm³/mol. The Balaban J connectivity index is 1.81. The lowest BCUT2D eigenvalue weighted by molar-refractivity contribution is 0.102. The van der Waals surface area contributed by atoms with Gasteiger partial charge in [0.1, 0.15) is 11.5 Å². The molecule has 0 unspecified atom stereocenters. The second kappa shape index (κ2) is 7.32. The zero-order valence-corrected chi connectivity index (χ0v) is 14.6. The summed E-state index contributed by atoms with van der Waals surface area (Å²) in [5.41, 5.74) is 1.99. The number of methoxy groups -OCH3 is 2. The molecule has 0 saturated carbocycles. The predicted octanol–water partition coefficient (Wildman–Crippen LogP) is 4.40. The molecular formula is C19H17ClN2O3. The van der Waals surface area contributed by atoms with Gasteiger partial charge in [0.25, 0.3) is 5.91 Å². The van der Waals surface area contributed by atoms with E-state index >= 15 is 0 Å². The number of anilines is 1. The van der Waals surface area contributed by atoms with Crippen molar-refractivity contribution in [3.05, 3.63) is 71.5 Å². The minimum atomic E-state index is -0.251. The molecule has 0 aliphatic heterocycles. The maximum absolute atomic E-state index is 12.5. The Morgan fingerprint density at radius 1 is 1.00 bits per heavy atom. The Labute approximate surface area is 150 Å². The highest BCUT2D eigenvalue weighted by molar-refractivity contribution is 6.32. The molecule has 0 aliphatic carbocycles. The summed E-state index contributed by atoms with van der Waals surface area (Å²) in [7, 11) is 3.04. The minimum absolute atomic E-state index is 0.251. The first-order valence-electron chi connectivity index (χ1n) is 7.58. The van der Waals surface area contributed by atoms with E-state index < -0.39 is 0 Å². The fourth-order valence-electron chi connectivity index (χ4n) is 2.44. The average Bonchev–Trinajstić information content (AvgIpc) is 3.17. The quantitative estimate of drug-likeness (QED) is 0.737. The van der Waals surface area contributed by atoms with Crippen LogP contribution < -0.4 is 14.8 Å². The molecule has 1 aromatic heterocycles. The molecule has 0 saturated heterocycles. The molecule has 6 heteroatoms. The van der Waals surface area contributed by atoms with Gasteiger partial charge >= 0.3 is 0 Å². The van der Waals surface area contributed by atoms with E-state index in [1.165, 1.54) is 14.2 Å². The summed E-state index contributed by atoms with van der Waals surface area (Å²) >= 11 is 6.13. The van der Waals surface area contributed by atoms with E-state index in [0.29, 0.717) is 27.8 Å². The van der Waals surface area contributed by atoms with Gasteiger partial charge in [-0.1, -0.05) is 11.6 Å². The number of rotatable bonds is 5. The Kier molecular flexibility index (Phi) is 4.95. The number of carbonyl (C=O) groups excluding carboxylic acids is 1. The SMILES string of the molecule is COc1cc(OC)c(NC(=O)c2ccc(-n3cccc3)cc2)cc1Cl. The number of hydrogen-bond donors (Lipinski definition) is 1. The molecule has 25 heavy (non-hydrogen) atoms. The number of ether oxygens (including phenoxy) is 2. The Bertz CT molecular complexity index is 874. The number of carbonyl (C=O) groups is 1. The summed E-state index contributed by atoms with van der Waals surface area (Å²) in [5, 5.41) is 3.20. The highest BCUT2D eigenvalue weighted by Crippen LogP contribution is 2.36. The minimum Gasteiger partial charge on any atom is -0.495 e. The molecule has 3 rings (SSSR count). The summed E-state index contributed by atoms with van der Waals surface area (Å²) in [4.78, 5) is 12.5. The van der Waals surface area contributed by atoms with E-state index in [0.717, 1.165) is 5.69 Å². The van der Waals surface area contributed by atoms with Crippen molar-refractivity contribution < 1.29 is 14.3 Å². The van der Waals surface area contributed by atoms with Gasteiger partial charge in [-0.2, -0.15) is 0 Å². The number of aromatic nitrogens is 1. The Morgan fingerprint density at radius 3 is 2.24 bits per heavy atom.